The Morgan fingerprint density at radius 3 is 2.90 bits per heavy atom. The normalized spacial score (nSPS) is 10.8. The standard InChI is InChI=1S/C15H14FN3O2/c1-2-20-12-7-6-9(8-10(12)16)18-15-19-14-11(17)4-3-5-13(14)21-15/h3-8H,2,17H2,1H3,(H,18,19). The van der Waals surface area contributed by atoms with Crippen LogP contribution in [0.2, 0.25) is 0 Å². The van der Waals surface area contributed by atoms with Crippen LogP contribution in [0, 0.1) is 5.82 Å². The van der Waals surface area contributed by atoms with E-state index in [9.17, 15) is 4.39 Å². The molecule has 5 nitrogen and oxygen atoms in total. The molecule has 0 bridgehead atoms. The molecule has 21 heavy (non-hydrogen) atoms. The van der Waals surface area contributed by atoms with Gasteiger partial charge in [0, 0.05) is 11.8 Å². The molecule has 0 atom stereocenters. The van der Waals surface area contributed by atoms with Crippen molar-refractivity contribution in [2.45, 2.75) is 6.92 Å². The molecule has 3 aromatic rings. The van der Waals surface area contributed by atoms with Crippen LogP contribution in [0.5, 0.6) is 5.75 Å². The highest BCUT2D eigenvalue weighted by Gasteiger charge is 2.10. The first-order valence-electron chi connectivity index (χ1n) is 6.52. The van der Waals surface area contributed by atoms with E-state index in [1.54, 1.807) is 37.3 Å². The van der Waals surface area contributed by atoms with Gasteiger partial charge >= 0.3 is 0 Å². The predicted molar refractivity (Wildman–Crippen MR) is 79.3 cm³/mol. The molecule has 0 aliphatic rings. The van der Waals surface area contributed by atoms with E-state index in [4.69, 9.17) is 14.9 Å². The number of nitrogens with one attached hydrogen (secondary N) is 1. The van der Waals surface area contributed by atoms with E-state index in [1.807, 2.05) is 0 Å². The average Bonchev–Trinajstić information content (AvgIpc) is 2.86. The number of nitrogens with two attached hydrogens (primary N) is 1. The lowest BCUT2D eigenvalue weighted by Crippen LogP contribution is -1.96. The zero-order valence-corrected chi connectivity index (χ0v) is 11.4. The molecule has 0 aliphatic heterocycles. The summed E-state index contributed by atoms with van der Waals surface area (Å²) in [5.74, 6) is -0.234. The van der Waals surface area contributed by atoms with Crippen molar-refractivity contribution >= 4 is 28.5 Å². The van der Waals surface area contributed by atoms with Gasteiger partial charge in [0.25, 0.3) is 6.01 Å². The van der Waals surface area contributed by atoms with Crippen LogP contribution in [0.25, 0.3) is 11.1 Å². The number of rotatable bonds is 4. The van der Waals surface area contributed by atoms with Gasteiger partial charge in [-0.15, -0.1) is 0 Å². The van der Waals surface area contributed by atoms with Crippen molar-refractivity contribution in [2.75, 3.05) is 17.7 Å². The second-order valence-corrected chi connectivity index (χ2v) is 4.42. The molecule has 0 amide bonds. The third-order valence-corrected chi connectivity index (χ3v) is 2.93. The zero-order valence-electron chi connectivity index (χ0n) is 11.4. The molecule has 0 aliphatic carbocycles. The van der Waals surface area contributed by atoms with Crippen LogP contribution in [0.4, 0.5) is 21.8 Å². The summed E-state index contributed by atoms with van der Waals surface area (Å²) in [4.78, 5) is 4.24. The van der Waals surface area contributed by atoms with Crippen molar-refractivity contribution < 1.29 is 13.5 Å². The SMILES string of the molecule is CCOc1ccc(Nc2nc3c(N)cccc3o2)cc1F. The monoisotopic (exact) mass is 287 g/mol. The lowest BCUT2D eigenvalue weighted by atomic mass is 10.3. The van der Waals surface area contributed by atoms with Crippen molar-refractivity contribution in [1.82, 2.24) is 4.98 Å². The number of ether oxygens (including phenoxy) is 1. The molecular weight excluding hydrogens is 273 g/mol. The van der Waals surface area contributed by atoms with Crippen LogP contribution in [0.3, 0.4) is 0 Å². The molecule has 0 fully saturated rings. The molecule has 3 N–H and O–H groups in total. The minimum Gasteiger partial charge on any atom is -0.491 e. The number of aromatic nitrogens is 1. The third kappa shape index (κ3) is 2.60. The maximum atomic E-state index is 13.8. The number of halogens is 1. The summed E-state index contributed by atoms with van der Waals surface area (Å²) in [6.07, 6.45) is 0. The van der Waals surface area contributed by atoms with Gasteiger partial charge in [-0.3, -0.25) is 0 Å². The Labute approximate surface area is 120 Å². The number of nitrogens with zero attached hydrogens (tertiary/aromatic N) is 1. The van der Waals surface area contributed by atoms with Crippen LogP contribution in [-0.4, -0.2) is 11.6 Å². The summed E-state index contributed by atoms with van der Waals surface area (Å²) in [5.41, 5.74) is 8.01. The third-order valence-electron chi connectivity index (χ3n) is 2.93. The largest absolute Gasteiger partial charge is 0.491 e. The van der Waals surface area contributed by atoms with Crippen molar-refractivity contribution in [3.63, 3.8) is 0 Å². The molecule has 6 heteroatoms. The fourth-order valence-corrected chi connectivity index (χ4v) is 2.00. The van der Waals surface area contributed by atoms with E-state index in [1.165, 1.54) is 6.07 Å². The Balaban J connectivity index is 1.88. The van der Waals surface area contributed by atoms with Gasteiger partial charge in [-0.25, -0.2) is 4.39 Å². The molecule has 1 aromatic heterocycles. The number of oxazole rings is 1. The van der Waals surface area contributed by atoms with Crippen molar-refractivity contribution in [2.24, 2.45) is 0 Å². The molecule has 1 heterocycles. The smallest absolute Gasteiger partial charge is 0.300 e. The number of hydrogen-bond donors (Lipinski definition) is 2. The molecule has 2 aromatic carbocycles. The van der Waals surface area contributed by atoms with Crippen molar-refractivity contribution in [3.05, 3.63) is 42.2 Å². The summed E-state index contributed by atoms with van der Waals surface area (Å²) >= 11 is 0. The Kier molecular flexibility index (Phi) is 3.35. The summed E-state index contributed by atoms with van der Waals surface area (Å²) in [5, 5.41) is 2.90. The molecule has 0 unspecified atom stereocenters. The second-order valence-electron chi connectivity index (χ2n) is 4.42. The summed E-state index contributed by atoms with van der Waals surface area (Å²) in [6.45, 7) is 2.21. The number of fused-ring (bicyclic) bond motifs is 1. The van der Waals surface area contributed by atoms with E-state index in [-0.39, 0.29) is 11.8 Å². The van der Waals surface area contributed by atoms with Crippen molar-refractivity contribution in [1.29, 1.82) is 0 Å². The van der Waals surface area contributed by atoms with Gasteiger partial charge in [0.2, 0.25) is 0 Å². The fraction of sp³-hybridized carbons (Fsp3) is 0.133. The number of anilines is 3. The van der Waals surface area contributed by atoms with Gasteiger partial charge in [0.15, 0.2) is 17.1 Å². The molecular formula is C15H14FN3O2. The van der Waals surface area contributed by atoms with Crippen LogP contribution in [-0.2, 0) is 0 Å². The number of benzene rings is 2. The second kappa shape index (κ2) is 5.32. The average molecular weight is 287 g/mol. The Morgan fingerprint density at radius 1 is 1.33 bits per heavy atom. The molecule has 3 rings (SSSR count). The van der Waals surface area contributed by atoms with Gasteiger partial charge in [0.1, 0.15) is 5.52 Å². The first-order chi connectivity index (χ1) is 10.2. The van der Waals surface area contributed by atoms with Crippen LogP contribution >= 0.6 is 0 Å². The topological polar surface area (TPSA) is 73.3 Å². The van der Waals surface area contributed by atoms with Crippen LogP contribution < -0.4 is 15.8 Å². The van der Waals surface area contributed by atoms with Crippen molar-refractivity contribution in [3.8, 4) is 5.75 Å². The lowest BCUT2D eigenvalue weighted by molar-refractivity contribution is 0.321. The number of hydrogen-bond acceptors (Lipinski definition) is 5. The minimum atomic E-state index is -0.447. The highest BCUT2D eigenvalue weighted by Crippen LogP contribution is 2.27. The summed E-state index contributed by atoms with van der Waals surface area (Å²) in [6, 6.07) is 10.1. The molecule has 0 saturated heterocycles. The maximum Gasteiger partial charge on any atom is 0.300 e. The predicted octanol–water partition coefficient (Wildman–Crippen LogP) is 3.69. The van der Waals surface area contributed by atoms with E-state index < -0.39 is 5.82 Å². The van der Waals surface area contributed by atoms with Gasteiger partial charge in [0.05, 0.1) is 12.3 Å². The first kappa shape index (κ1) is 13.2. The fourth-order valence-electron chi connectivity index (χ4n) is 2.00. The number of nitrogen functional groups attached to an aromatic ring is 1. The van der Waals surface area contributed by atoms with Gasteiger partial charge in [-0.1, -0.05) is 6.07 Å². The minimum absolute atomic E-state index is 0.213. The lowest BCUT2D eigenvalue weighted by Gasteiger charge is -2.06. The number of para-hydroxylation sites is 1. The van der Waals surface area contributed by atoms with E-state index in [0.29, 0.717) is 29.1 Å². The van der Waals surface area contributed by atoms with Gasteiger partial charge in [-0.2, -0.15) is 4.98 Å². The molecule has 0 saturated carbocycles. The van der Waals surface area contributed by atoms with E-state index in [2.05, 4.69) is 10.3 Å². The van der Waals surface area contributed by atoms with Crippen LogP contribution in [0.1, 0.15) is 6.92 Å². The van der Waals surface area contributed by atoms with E-state index >= 15 is 0 Å². The summed E-state index contributed by atoms with van der Waals surface area (Å²) in [7, 11) is 0. The first-order valence-corrected chi connectivity index (χ1v) is 6.52. The molecule has 0 radical (unpaired) electrons. The van der Waals surface area contributed by atoms with Gasteiger partial charge < -0.3 is 20.2 Å². The zero-order chi connectivity index (χ0) is 14.8. The molecule has 108 valence electrons. The van der Waals surface area contributed by atoms with Crippen LogP contribution in [0.15, 0.2) is 40.8 Å². The Morgan fingerprint density at radius 2 is 2.19 bits per heavy atom. The highest BCUT2D eigenvalue weighted by molar-refractivity contribution is 5.86. The quantitative estimate of drug-likeness (QED) is 0.716. The maximum absolute atomic E-state index is 13.8. The Hall–Kier alpha value is -2.76. The van der Waals surface area contributed by atoms with Gasteiger partial charge in [-0.05, 0) is 31.2 Å². The Bertz CT molecular complexity index is 786. The molecule has 0 spiro atoms. The summed E-state index contributed by atoms with van der Waals surface area (Å²) < 4.78 is 24.4. The highest BCUT2D eigenvalue weighted by atomic mass is 19.1. The van der Waals surface area contributed by atoms with E-state index in [0.717, 1.165) is 0 Å².